The second-order valence-corrected chi connectivity index (χ2v) is 4.13. The molecule has 4 heteroatoms. The molecule has 0 radical (unpaired) electrons. The number of hydrogen-bond donors (Lipinski definition) is 0. The van der Waals surface area contributed by atoms with Crippen LogP contribution in [0.4, 0.5) is 0 Å². The molecule has 0 saturated carbocycles. The summed E-state index contributed by atoms with van der Waals surface area (Å²) < 4.78 is 0.789. The Morgan fingerprint density at radius 2 is 2.15 bits per heavy atom. The van der Waals surface area contributed by atoms with E-state index in [0.29, 0.717) is 22.9 Å². The van der Waals surface area contributed by atoms with Gasteiger partial charge in [-0.3, -0.25) is 4.79 Å². The van der Waals surface area contributed by atoms with Crippen molar-refractivity contribution in [1.82, 2.24) is 0 Å². The van der Waals surface area contributed by atoms with Crippen LogP contribution in [-0.4, -0.2) is 11.7 Å². The Morgan fingerprint density at radius 1 is 1.46 bits per heavy atom. The molecule has 0 aliphatic carbocycles. The predicted octanol–water partition coefficient (Wildman–Crippen LogP) is 3.91. The lowest BCUT2D eigenvalue weighted by Crippen LogP contribution is -1.99. The lowest BCUT2D eigenvalue weighted by Gasteiger charge is -2.00. The molecule has 0 N–H and O–H groups in total. The lowest BCUT2D eigenvalue weighted by atomic mass is 10.1. The number of carbonyl (C=O) groups is 1. The summed E-state index contributed by atoms with van der Waals surface area (Å²) in [5.74, 6) is 0.358. The molecule has 13 heavy (non-hydrogen) atoms. The average Bonchev–Trinajstić information content (AvgIpc) is 2.10. The zero-order valence-corrected chi connectivity index (χ0v) is 9.79. The van der Waals surface area contributed by atoms with Gasteiger partial charge in [0.1, 0.15) is 0 Å². The highest BCUT2D eigenvalue weighted by atomic mass is 79.9. The maximum Gasteiger partial charge on any atom is 0.164 e. The van der Waals surface area contributed by atoms with Crippen molar-refractivity contribution in [3.63, 3.8) is 0 Å². The molecule has 1 aromatic carbocycles. The van der Waals surface area contributed by atoms with Crippen molar-refractivity contribution >= 4 is 44.9 Å². The fourth-order valence-electron chi connectivity index (χ4n) is 0.900. The summed E-state index contributed by atoms with van der Waals surface area (Å²) in [7, 11) is 0. The smallest absolute Gasteiger partial charge is 0.164 e. The van der Waals surface area contributed by atoms with Crippen molar-refractivity contribution in [2.24, 2.45) is 0 Å². The first-order valence-electron chi connectivity index (χ1n) is 3.69. The van der Waals surface area contributed by atoms with Crippen LogP contribution in [0.25, 0.3) is 0 Å². The molecule has 1 rings (SSSR count). The maximum atomic E-state index is 11.3. The van der Waals surface area contributed by atoms with Gasteiger partial charge >= 0.3 is 0 Å². The van der Waals surface area contributed by atoms with Gasteiger partial charge in [0.05, 0.1) is 5.02 Å². The van der Waals surface area contributed by atoms with E-state index >= 15 is 0 Å². The van der Waals surface area contributed by atoms with Crippen LogP contribution in [-0.2, 0) is 0 Å². The van der Waals surface area contributed by atoms with Gasteiger partial charge in [0.15, 0.2) is 5.78 Å². The predicted molar refractivity (Wildman–Crippen MR) is 58.8 cm³/mol. The summed E-state index contributed by atoms with van der Waals surface area (Å²) in [5, 5.41) is 0.542. The molecule has 0 atom stereocenters. The molecule has 0 heterocycles. The van der Waals surface area contributed by atoms with Gasteiger partial charge in [-0.25, -0.2) is 0 Å². The van der Waals surface area contributed by atoms with Crippen LogP contribution in [0.15, 0.2) is 22.7 Å². The van der Waals surface area contributed by atoms with E-state index in [1.165, 1.54) is 0 Å². The van der Waals surface area contributed by atoms with Gasteiger partial charge < -0.3 is 0 Å². The van der Waals surface area contributed by atoms with Gasteiger partial charge in [-0.2, -0.15) is 0 Å². The molecule has 1 aromatic rings. The molecule has 0 bridgehead atoms. The number of carbonyl (C=O) groups excluding carboxylic acids is 1. The Bertz CT molecular complexity index is 325. The number of hydrogen-bond acceptors (Lipinski definition) is 1. The summed E-state index contributed by atoms with van der Waals surface area (Å²) >= 11 is 14.5. The van der Waals surface area contributed by atoms with E-state index in [2.05, 4.69) is 15.9 Å². The zero-order chi connectivity index (χ0) is 9.84. The van der Waals surface area contributed by atoms with Crippen LogP contribution >= 0.6 is 39.1 Å². The maximum absolute atomic E-state index is 11.3. The minimum Gasteiger partial charge on any atom is -0.294 e. The zero-order valence-electron chi connectivity index (χ0n) is 6.69. The molecule has 0 spiro atoms. The van der Waals surface area contributed by atoms with Crippen molar-refractivity contribution in [3.05, 3.63) is 33.3 Å². The Labute approximate surface area is 95.2 Å². The summed E-state index contributed by atoms with van der Waals surface area (Å²) in [6.07, 6.45) is 0.347. The van der Waals surface area contributed by atoms with Crippen LogP contribution in [0.3, 0.4) is 0 Å². The first-order chi connectivity index (χ1) is 6.15. The third-order valence-electron chi connectivity index (χ3n) is 1.56. The molecule has 0 aromatic heterocycles. The average molecular weight is 282 g/mol. The van der Waals surface area contributed by atoms with E-state index in [-0.39, 0.29) is 5.78 Å². The van der Waals surface area contributed by atoms with E-state index in [4.69, 9.17) is 23.2 Å². The molecule has 0 aliphatic rings. The van der Waals surface area contributed by atoms with Gasteiger partial charge in [0, 0.05) is 22.3 Å². The number of ketones is 1. The van der Waals surface area contributed by atoms with Crippen LogP contribution in [0, 0.1) is 0 Å². The van der Waals surface area contributed by atoms with Gasteiger partial charge in [0.25, 0.3) is 0 Å². The number of benzene rings is 1. The molecule has 0 unspecified atom stereocenters. The highest BCUT2D eigenvalue weighted by molar-refractivity contribution is 9.10. The standard InChI is InChI=1S/C9H7BrCl2O/c10-7-2-1-6(5-8(7)12)9(13)3-4-11/h1-2,5H,3-4H2. The quantitative estimate of drug-likeness (QED) is 0.606. The molecule has 0 amide bonds. The highest BCUT2D eigenvalue weighted by Gasteiger charge is 2.06. The van der Waals surface area contributed by atoms with Gasteiger partial charge in [-0.15, -0.1) is 11.6 Å². The summed E-state index contributed by atoms with van der Waals surface area (Å²) in [5.41, 5.74) is 0.605. The molecular weight excluding hydrogens is 275 g/mol. The summed E-state index contributed by atoms with van der Waals surface area (Å²) in [6.45, 7) is 0. The van der Waals surface area contributed by atoms with Crippen molar-refractivity contribution in [2.45, 2.75) is 6.42 Å². The number of alkyl halides is 1. The van der Waals surface area contributed by atoms with Gasteiger partial charge in [0.2, 0.25) is 0 Å². The van der Waals surface area contributed by atoms with Gasteiger partial charge in [-0.1, -0.05) is 17.7 Å². The Morgan fingerprint density at radius 3 is 2.69 bits per heavy atom. The fourth-order valence-corrected chi connectivity index (χ4v) is 1.50. The first-order valence-corrected chi connectivity index (χ1v) is 5.40. The topological polar surface area (TPSA) is 17.1 Å². The van der Waals surface area contributed by atoms with E-state index < -0.39 is 0 Å². The molecule has 0 saturated heterocycles. The van der Waals surface area contributed by atoms with E-state index in [1.807, 2.05) is 0 Å². The van der Waals surface area contributed by atoms with Gasteiger partial charge in [-0.05, 0) is 28.1 Å². The summed E-state index contributed by atoms with van der Waals surface area (Å²) in [4.78, 5) is 11.3. The van der Waals surface area contributed by atoms with Crippen molar-refractivity contribution in [2.75, 3.05) is 5.88 Å². The fraction of sp³-hybridized carbons (Fsp3) is 0.222. The Kier molecular flexibility index (Phi) is 4.23. The SMILES string of the molecule is O=C(CCCl)c1ccc(Br)c(Cl)c1. The number of halogens is 3. The van der Waals surface area contributed by atoms with Crippen molar-refractivity contribution in [3.8, 4) is 0 Å². The first kappa shape index (κ1) is 11.0. The normalized spacial score (nSPS) is 10.1. The number of rotatable bonds is 3. The number of Topliss-reactive ketones (excluding diaryl/α,β-unsaturated/α-hetero) is 1. The Hall–Kier alpha value is -0.0500. The molecule has 0 aliphatic heterocycles. The molecule has 0 fully saturated rings. The summed E-state index contributed by atoms with van der Waals surface area (Å²) in [6, 6.07) is 5.12. The molecular formula is C9H7BrCl2O. The minimum atomic E-state index is 0.0180. The van der Waals surface area contributed by atoms with Crippen LogP contribution in [0.2, 0.25) is 5.02 Å². The Balaban J connectivity index is 2.90. The van der Waals surface area contributed by atoms with Crippen LogP contribution < -0.4 is 0 Å². The van der Waals surface area contributed by atoms with E-state index in [0.717, 1.165) is 4.47 Å². The van der Waals surface area contributed by atoms with Crippen molar-refractivity contribution < 1.29 is 4.79 Å². The monoisotopic (exact) mass is 280 g/mol. The van der Waals surface area contributed by atoms with E-state index in [9.17, 15) is 4.79 Å². The largest absolute Gasteiger partial charge is 0.294 e. The third kappa shape index (κ3) is 2.97. The second kappa shape index (κ2) is 4.99. The highest BCUT2D eigenvalue weighted by Crippen LogP contribution is 2.23. The van der Waals surface area contributed by atoms with E-state index in [1.54, 1.807) is 18.2 Å². The molecule has 70 valence electrons. The minimum absolute atomic E-state index is 0.0180. The van der Waals surface area contributed by atoms with Crippen LogP contribution in [0.1, 0.15) is 16.8 Å². The molecule has 1 nitrogen and oxygen atoms in total. The second-order valence-electron chi connectivity index (χ2n) is 2.49. The third-order valence-corrected chi connectivity index (χ3v) is 2.98. The van der Waals surface area contributed by atoms with Crippen LogP contribution in [0.5, 0.6) is 0 Å². The van der Waals surface area contributed by atoms with Crippen molar-refractivity contribution in [1.29, 1.82) is 0 Å². The lowest BCUT2D eigenvalue weighted by molar-refractivity contribution is 0.0989.